The summed E-state index contributed by atoms with van der Waals surface area (Å²) in [6.07, 6.45) is 6.90. The van der Waals surface area contributed by atoms with E-state index in [0.717, 1.165) is 44.2 Å². The molecule has 2 saturated carbocycles. The van der Waals surface area contributed by atoms with Crippen LogP contribution in [0.2, 0.25) is 0 Å². The van der Waals surface area contributed by atoms with Gasteiger partial charge in [0.05, 0.1) is 0 Å². The van der Waals surface area contributed by atoms with Crippen LogP contribution in [0.5, 0.6) is 0 Å². The number of amides is 1. The Hall–Kier alpha value is -0.530. The lowest BCUT2D eigenvalue weighted by atomic mass is 10.1. The highest BCUT2D eigenvalue weighted by atomic mass is 127. The maximum Gasteiger partial charge on any atom is 0.225 e. The van der Waals surface area contributed by atoms with Crippen molar-refractivity contribution in [2.45, 2.75) is 57.5 Å². The maximum absolute atomic E-state index is 12.4. The van der Waals surface area contributed by atoms with Crippen molar-refractivity contribution in [1.82, 2.24) is 15.5 Å². The number of guanidine groups is 1. The number of hydrogen-bond acceptors (Lipinski definition) is 2. The average molecular weight is 420 g/mol. The molecule has 5 nitrogen and oxygen atoms in total. The van der Waals surface area contributed by atoms with E-state index >= 15 is 0 Å². The summed E-state index contributed by atoms with van der Waals surface area (Å²) < 4.78 is 0. The van der Waals surface area contributed by atoms with Crippen LogP contribution in [0.25, 0.3) is 0 Å². The van der Waals surface area contributed by atoms with Crippen LogP contribution in [0, 0.1) is 11.8 Å². The van der Waals surface area contributed by atoms with E-state index in [1.165, 1.54) is 19.3 Å². The number of likely N-dealkylation sites (tertiary alicyclic amines) is 1. The number of hydrogen-bond donors (Lipinski definition) is 2. The number of nitrogens with zero attached hydrogens (tertiary/aromatic N) is 2. The van der Waals surface area contributed by atoms with Gasteiger partial charge in [0.2, 0.25) is 5.91 Å². The molecular weight excluding hydrogens is 391 g/mol. The highest BCUT2D eigenvalue weighted by Gasteiger charge is 2.35. The lowest BCUT2D eigenvalue weighted by Crippen LogP contribution is -2.46. The number of nitrogens with one attached hydrogen (secondary N) is 2. The Morgan fingerprint density at radius 3 is 2.45 bits per heavy atom. The lowest BCUT2D eigenvalue weighted by molar-refractivity contribution is -0.134. The summed E-state index contributed by atoms with van der Waals surface area (Å²) in [6.45, 7) is 3.97. The van der Waals surface area contributed by atoms with Gasteiger partial charge in [0, 0.05) is 38.1 Å². The van der Waals surface area contributed by atoms with Crippen molar-refractivity contribution in [2.75, 3.05) is 20.1 Å². The zero-order valence-corrected chi connectivity index (χ0v) is 16.0. The monoisotopic (exact) mass is 420 g/mol. The third-order valence-electron chi connectivity index (χ3n) is 5.20. The van der Waals surface area contributed by atoms with Gasteiger partial charge in [-0.2, -0.15) is 0 Å². The number of carbonyl (C=O) groups is 1. The van der Waals surface area contributed by atoms with Gasteiger partial charge in [-0.25, -0.2) is 0 Å². The smallest absolute Gasteiger partial charge is 0.225 e. The van der Waals surface area contributed by atoms with Gasteiger partial charge in [-0.3, -0.25) is 9.79 Å². The molecule has 1 heterocycles. The molecule has 1 amide bonds. The van der Waals surface area contributed by atoms with Crippen molar-refractivity contribution < 1.29 is 4.79 Å². The molecule has 0 spiro atoms. The van der Waals surface area contributed by atoms with Crippen molar-refractivity contribution in [2.24, 2.45) is 16.8 Å². The summed E-state index contributed by atoms with van der Waals surface area (Å²) >= 11 is 0. The van der Waals surface area contributed by atoms with E-state index in [-0.39, 0.29) is 24.0 Å². The van der Waals surface area contributed by atoms with E-state index in [9.17, 15) is 4.79 Å². The molecule has 2 N–H and O–H groups in total. The molecule has 3 unspecified atom stereocenters. The number of aliphatic imine (C=N–C) groups is 1. The van der Waals surface area contributed by atoms with Gasteiger partial charge in [0.25, 0.3) is 0 Å². The van der Waals surface area contributed by atoms with Crippen LogP contribution in [0.1, 0.15) is 45.4 Å². The first-order chi connectivity index (χ1) is 10.2. The first-order valence-corrected chi connectivity index (χ1v) is 8.46. The van der Waals surface area contributed by atoms with Gasteiger partial charge in [-0.15, -0.1) is 24.0 Å². The summed E-state index contributed by atoms with van der Waals surface area (Å²) in [5.74, 6) is 2.33. The summed E-state index contributed by atoms with van der Waals surface area (Å²) in [6, 6.07) is 0.921. The molecule has 126 valence electrons. The van der Waals surface area contributed by atoms with E-state index in [0.29, 0.717) is 23.9 Å². The molecule has 2 aliphatic carbocycles. The van der Waals surface area contributed by atoms with Gasteiger partial charge in [-0.05, 0) is 31.6 Å². The number of halogens is 1. The number of rotatable bonds is 3. The van der Waals surface area contributed by atoms with Crippen LogP contribution in [0.15, 0.2) is 4.99 Å². The Morgan fingerprint density at radius 2 is 1.86 bits per heavy atom. The highest BCUT2D eigenvalue weighted by Crippen LogP contribution is 2.29. The molecule has 3 aliphatic rings. The van der Waals surface area contributed by atoms with Crippen LogP contribution in [0.4, 0.5) is 0 Å². The van der Waals surface area contributed by atoms with Crippen molar-refractivity contribution >= 4 is 35.8 Å². The van der Waals surface area contributed by atoms with Crippen LogP contribution >= 0.6 is 24.0 Å². The minimum atomic E-state index is 0. The van der Waals surface area contributed by atoms with Crippen LogP contribution in [-0.2, 0) is 4.79 Å². The van der Waals surface area contributed by atoms with Crippen LogP contribution in [-0.4, -0.2) is 49.0 Å². The molecule has 22 heavy (non-hydrogen) atoms. The zero-order chi connectivity index (χ0) is 14.8. The number of carbonyl (C=O) groups excluding carboxylic acids is 1. The minimum absolute atomic E-state index is 0. The van der Waals surface area contributed by atoms with Crippen molar-refractivity contribution in [3.8, 4) is 0 Å². The summed E-state index contributed by atoms with van der Waals surface area (Å²) in [7, 11) is 1.82. The quantitative estimate of drug-likeness (QED) is 0.417. The maximum atomic E-state index is 12.4. The molecule has 3 rings (SSSR count). The Morgan fingerprint density at radius 1 is 1.18 bits per heavy atom. The fourth-order valence-electron chi connectivity index (χ4n) is 3.57. The minimum Gasteiger partial charge on any atom is -0.353 e. The molecule has 3 fully saturated rings. The molecule has 0 aromatic carbocycles. The molecule has 3 atom stereocenters. The normalized spacial score (nSPS) is 31.8. The first-order valence-electron chi connectivity index (χ1n) is 8.46. The van der Waals surface area contributed by atoms with Gasteiger partial charge >= 0.3 is 0 Å². The fourth-order valence-corrected chi connectivity index (χ4v) is 3.57. The predicted molar refractivity (Wildman–Crippen MR) is 99.6 cm³/mol. The predicted octanol–water partition coefficient (Wildman–Crippen LogP) is 1.97. The Labute approximate surface area is 150 Å². The fraction of sp³-hybridized carbons (Fsp3) is 0.875. The van der Waals surface area contributed by atoms with Crippen LogP contribution < -0.4 is 10.6 Å². The SMILES string of the molecule is CN=C(NC1CCN(C(=O)C2CCCC2)C1)NC1CC1C.I. The molecule has 0 aromatic rings. The molecule has 0 radical (unpaired) electrons. The third-order valence-corrected chi connectivity index (χ3v) is 5.20. The molecule has 0 aromatic heterocycles. The van der Waals surface area contributed by atoms with Crippen LogP contribution in [0.3, 0.4) is 0 Å². The van der Waals surface area contributed by atoms with E-state index in [1.54, 1.807) is 0 Å². The highest BCUT2D eigenvalue weighted by molar-refractivity contribution is 14.0. The van der Waals surface area contributed by atoms with E-state index in [4.69, 9.17) is 0 Å². The molecule has 1 aliphatic heterocycles. The standard InChI is InChI=1S/C16H28N4O.HI/c1-11-9-14(11)19-16(17-2)18-13-7-8-20(10-13)15(21)12-5-3-4-6-12;/h11-14H,3-10H2,1-2H3,(H2,17,18,19);1H. The Balaban J connectivity index is 0.00000176. The van der Waals surface area contributed by atoms with E-state index in [2.05, 4.69) is 27.4 Å². The van der Waals surface area contributed by atoms with E-state index < -0.39 is 0 Å². The Bertz CT molecular complexity index is 422. The van der Waals surface area contributed by atoms with Gasteiger partial charge in [-0.1, -0.05) is 19.8 Å². The van der Waals surface area contributed by atoms with E-state index in [1.807, 2.05) is 7.05 Å². The lowest BCUT2D eigenvalue weighted by Gasteiger charge is -2.21. The van der Waals surface area contributed by atoms with Gasteiger partial charge < -0.3 is 15.5 Å². The van der Waals surface area contributed by atoms with Crippen molar-refractivity contribution in [3.63, 3.8) is 0 Å². The molecule has 0 bridgehead atoms. The third kappa shape index (κ3) is 4.26. The molecular formula is C16H29IN4O. The first kappa shape index (κ1) is 17.8. The second-order valence-corrected chi connectivity index (χ2v) is 6.93. The largest absolute Gasteiger partial charge is 0.353 e. The average Bonchev–Trinajstić information content (AvgIpc) is 2.97. The summed E-state index contributed by atoms with van der Waals surface area (Å²) in [4.78, 5) is 18.8. The zero-order valence-electron chi connectivity index (χ0n) is 13.7. The van der Waals surface area contributed by atoms with Crippen molar-refractivity contribution in [3.05, 3.63) is 0 Å². The molecule has 6 heteroatoms. The van der Waals surface area contributed by atoms with Gasteiger partial charge in [0.15, 0.2) is 5.96 Å². The summed E-state index contributed by atoms with van der Waals surface area (Å²) in [5.41, 5.74) is 0. The van der Waals surface area contributed by atoms with Crippen molar-refractivity contribution in [1.29, 1.82) is 0 Å². The second kappa shape index (κ2) is 7.84. The van der Waals surface area contributed by atoms with Gasteiger partial charge in [0.1, 0.15) is 0 Å². The molecule has 1 saturated heterocycles. The second-order valence-electron chi connectivity index (χ2n) is 6.93. The topological polar surface area (TPSA) is 56.7 Å². The summed E-state index contributed by atoms with van der Waals surface area (Å²) in [5, 5.41) is 6.93. The Kier molecular flexibility index (Phi) is 6.35.